The number of nitrogen functional groups attached to an aromatic ring is 1. The largest absolute Gasteiger partial charge is 0.368 e. The van der Waals surface area contributed by atoms with Gasteiger partial charge >= 0.3 is 0 Å². The van der Waals surface area contributed by atoms with Gasteiger partial charge in [0.2, 0.25) is 5.95 Å². The summed E-state index contributed by atoms with van der Waals surface area (Å²) in [6.07, 6.45) is 5.14. The molecule has 0 radical (unpaired) electrons. The van der Waals surface area contributed by atoms with Crippen molar-refractivity contribution in [3.63, 3.8) is 0 Å². The molecule has 6 heteroatoms. The third kappa shape index (κ3) is 3.01. The van der Waals surface area contributed by atoms with Gasteiger partial charge in [-0.2, -0.15) is 0 Å². The van der Waals surface area contributed by atoms with Gasteiger partial charge in [-0.1, -0.05) is 36.4 Å². The number of anilines is 1. The van der Waals surface area contributed by atoms with E-state index in [9.17, 15) is 4.79 Å². The second-order valence-electron chi connectivity index (χ2n) is 6.27. The lowest BCUT2D eigenvalue weighted by Crippen LogP contribution is -2.31. The second kappa shape index (κ2) is 6.92. The summed E-state index contributed by atoms with van der Waals surface area (Å²) in [5, 5.41) is 0. The highest BCUT2D eigenvalue weighted by Crippen LogP contribution is 2.33. The Balaban J connectivity index is 1.73. The first-order chi connectivity index (χ1) is 12.7. The van der Waals surface area contributed by atoms with Crippen molar-refractivity contribution in [1.82, 2.24) is 19.9 Å². The van der Waals surface area contributed by atoms with Gasteiger partial charge in [0.05, 0.1) is 23.0 Å². The lowest BCUT2D eigenvalue weighted by Gasteiger charge is -2.25. The van der Waals surface area contributed by atoms with Crippen LogP contribution in [0.4, 0.5) is 5.95 Å². The molecule has 130 valence electrons. The lowest BCUT2D eigenvalue weighted by molar-refractivity contribution is 0.0733. The number of nitrogens with zero attached hydrogens (tertiary/aromatic N) is 4. The number of carbonyl (C=O) groups is 1. The number of pyridine rings is 1. The molecule has 1 aliphatic heterocycles. The van der Waals surface area contributed by atoms with Crippen molar-refractivity contribution in [1.29, 1.82) is 0 Å². The number of hydrogen-bond acceptors (Lipinski definition) is 5. The monoisotopic (exact) mass is 345 g/mol. The minimum Gasteiger partial charge on any atom is -0.368 e. The van der Waals surface area contributed by atoms with E-state index in [-0.39, 0.29) is 17.9 Å². The van der Waals surface area contributed by atoms with Gasteiger partial charge in [-0.15, -0.1) is 0 Å². The van der Waals surface area contributed by atoms with Crippen LogP contribution in [0.5, 0.6) is 0 Å². The summed E-state index contributed by atoms with van der Waals surface area (Å²) in [4.78, 5) is 28.0. The molecule has 2 aromatic heterocycles. The highest BCUT2D eigenvalue weighted by molar-refractivity contribution is 6.00. The van der Waals surface area contributed by atoms with Gasteiger partial charge in [0.25, 0.3) is 5.91 Å². The fourth-order valence-corrected chi connectivity index (χ4v) is 3.41. The molecule has 0 unspecified atom stereocenters. The molecular weight excluding hydrogens is 326 g/mol. The molecule has 1 saturated heterocycles. The predicted octanol–water partition coefficient (Wildman–Crippen LogP) is 3.10. The Labute approximate surface area is 151 Å². The average molecular weight is 345 g/mol. The van der Waals surface area contributed by atoms with Crippen LogP contribution in [0.15, 0.2) is 60.9 Å². The van der Waals surface area contributed by atoms with E-state index in [4.69, 9.17) is 5.73 Å². The van der Waals surface area contributed by atoms with E-state index in [0.717, 1.165) is 24.1 Å². The number of benzene rings is 1. The Morgan fingerprint density at radius 2 is 1.88 bits per heavy atom. The van der Waals surface area contributed by atoms with Crippen LogP contribution in [0.1, 0.15) is 34.9 Å². The lowest BCUT2D eigenvalue weighted by atomic mass is 10.1. The van der Waals surface area contributed by atoms with Crippen LogP contribution in [0.2, 0.25) is 0 Å². The summed E-state index contributed by atoms with van der Waals surface area (Å²) in [6.45, 7) is 0.693. The normalized spacial score (nSPS) is 16.6. The van der Waals surface area contributed by atoms with E-state index in [1.165, 1.54) is 6.20 Å². The second-order valence-corrected chi connectivity index (χ2v) is 6.27. The van der Waals surface area contributed by atoms with Crippen LogP contribution >= 0.6 is 0 Å². The van der Waals surface area contributed by atoms with Crippen LogP contribution in [0.3, 0.4) is 0 Å². The molecule has 1 atom stereocenters. The molecule has 1 aromatic carbocycles. The van der Waals surface area contributed by atoms with Gasteiger partial charge in [-0.05, 0) is 25.0 Å². The van der Waals surface area contributed by atoms with E-state index in [0.29, 0.717) is 17.8 Å². The number of nitrogens with two attached hydrogens (primary N) is 1. The summed E-state index contributed by atoms with van der Waals surface area (Å²) >= 11 is 0. The Bertz CT molecular complexity index is 914. The van der Waals surface area contributed by atoms with Crippen LogP contribution in [0, 0.1) is 0 Å². The SMILES string of the molecule is Nc1ncc(C(=O)N2CCC[C@H]2c2ccccn2)c(-c2ccccc2)n1. The predicted molar refractivity (Wildman–Crippen MR) is 99.1 cm³/mol. The third-order valence-electron chi connectivity index (χ3n) is 4.63. The number of amides is 1. The van der Waals surface area contributed by atoms with Gasteiger partial charge in [-0.3, -0.25) is 9.78 Å². The molecule has 0 spiro atoms. The maximum absolute atomic E-state index is 13.3. The Kier molecular flexibility index (Phi) is 4.31. The maximum atomic E-state index is 13.3. The van der Waals surface area contributed by atoms with Gasteiger partial charge < -0.3 is 10.6 Å². The van der Waals surface area contributed by atoms with E-state index in [1.807, 2.05) is 53.4 Å². The number of likely N-dealkylation sites (tertiary alicyclic amines) is 1. The zero-order valence-corrected chi connectivity index (χ0v) is 14.2. The molecule has 6 nitrogen and oxygen atoms in total. The van der Waals surface area contributed by atoms with E-state index in [2.05, 4.69) is 15.0 Å². The molecule has 26 heavy (non-hydrogen) atoms. The maximum Gasteiger partial charge on any atom is 0.258 e. The Morgan fingerprint density at radius 3 is 2.65 bits per heavy atom. The molecule has 4 rings (SSSR count). The molecule has 0 bridgehead atoms. The zero-order valence-electron chi connectivity index (χ0n) is 14.2. The van der Waals surface area contributed by atoms with E-state index >= 15 is 0 Å². The number of carbonyl (C=O) groups excluding carboxylic acids is 1. The number of rotatable bonds is 3. The molecule has 3 heterocycles. The summed E-state index contributed by atoms with van der Waals surface area (Å²) < 4.78 is 0. The van der Waals surface area contributed by atoms with E-state index < -0.39 is 0 Å². The van der Waals surface area contributed by atoms with Gasteiger partial charge in [-0.25, -0.2) is 9.97 Å². The fraction of sp³-hybridized carbons (Fsp3) is 0.200. The van der Waals surface area contributed by atoms with Crippen molar-refractivity contribution in [2.45, 2.75) is 18.9 Å². The van der Waals surface area contributed by atoms with Crippen LogP contribution in [-0.2, 0) is 0 Å². The van der Waals surface area contributed by atoms with E-state index in [1.54, 1.807) is 6.20 Å². The number of hydrogen-bond donors (Lipinski definition) is 1. The number of aromatic nitrogens is 3. The van der Waals surface area contributed by atoms with Crippen LogP contribution in [0.25, 0.3) is 11.3 Å². The summed E-state index contributed by atoms with van der Waals surface area (Å²) in [6, 6.07) is 15.4. The summed E-state index contributed by atoms with van der Waals surface area (Å²) in [7, 11) is 0. The quantitative estimate of drug-likeness (QED) is 0.788. The molecule has 0 aliphatic carbocycles. The molecule has 1 amide bonds. The Hall–Kier alpha value is -3.28. The molecule has 0 saturated carbocycles. The third-order valence-corrected chi connectivity index (χ3v) is 4.63. The summed E-state index contributed by atoms with van der Waals surface area (Å²) in [5.74, 6) is 0.0695. The smallest absolute Gasteiger partial charge is 0.258 e. The molecule has 3 aromatic rings. The fourth-order valence-electron chi connectivity index (χ4n) is 3.41. The summed E-state index contributed by atoms with van der Waals surface area (Å²) in [5.41, 5.74) is 8.57. The minimum absolute atomic E-state index is 0.0233. The van der Waals surface area contributed by atoms with Crippen LogP contribution in [-0.4, -0.2) is 32.3 Å². The van der Waals surface area contributed by atoms with Crippen molar-refractivity contribution in [3.05, 3.63) is 72.2 Å². The first-order valence-electron chi connectivity index (χ1n) is 8.64. The highest BCUT2D eigenvalue weighted by Gasteiger charge is 2.33. The molecular formula is C20H19N5O. The topological polar surface area (TPSA) is 85.0 Å². The Morgan fingerprint density at radius 1 is 1.08 bits per heavy atom. The van der Waals surface area contributed by atoms with Crippen molar-refractivity contribution in [2.24, 2.45) is 0 Å². The van der Waals surface area contributed by atoms with Gasteiger partial charge in [0, 0.05) is 24.5 Å². The minimum atomic E-state index is -0.0861. The van der Waals surface area contributed by atoms with Gasteiger partial charge in [0.1, 0.15) is 0 Å². The van der Waals surface area contributed by atoms with Crippen molar-refractivity contribution in [3.8, 4) is 11.3 Å². The van der Waals surface area contributed by atoms with Crippen molar-refractivity contribution < 1.29 is 4.79 Å². The highest BCUT2D eigenvalue weighted by atomic mass is 16.2. The first-order valence-corrected chi connectivity index (χ1v) is 8.64. The van der Waals surface area contributed by atoms with Crippen molar-refractivity contribution >= 4 is 11.9 Å². The van der Waals surface area contributed by atoms with Crippen LogP contribution < -0.4 is 5.73 Å². The van der Waals surface area contributed by atoms with Crippen molar-refractivity contribution in [2.75, 3.05) is 12.3 Å². The standard InChI is InChI=1S/C20H19N5O/c21-20-23-13-15(18(24-20)14-7-2-1-3-8-14)19(26)25-12-6-10-17(25)16-9-4-5-11-22-16/h1-5,7-9,11,13,17H,6,10,12H2,(H2,21,23,24)/t17-/m0/s1. The molecule has 1 aliphatic rings. The van der Waals surface area contributed by atoms with Gasteiger partial charge in [0.15, 0.2) is 0 Å². The molecule has 1 fully saturated rings. The zero-order chi connectivity index (χ0) is 17.9. The average Bonchev–Trinajstić information content (AvgIpc) is 3.19. The first kappa shape index (κ1) is 16.2. The molecule has 2 N–H and O–H groups in total.